The van der Waals surface area contributed by atoms with Crippen molar-refractivity contribution in [2.75, 3.05) is 37.7 Å². The van der Waals surface area contributed by atoms with Crippen LogP contribution in [0, 0.1) is 0 Å². The Labute approximate surface area is 168 Å². The van der Waals surface area contributed by atoms with Crippen molar-refractivity contribution in [3.63, 3.8) is 0 Å². The maximum atomic E-state index is 12.8. The zero-order chi connectivity index (χ0) is 19.8. The summed E-state index contributed by atoms with van der Waals surface area (Å²) in [5.74, 6) is 0.872. The molecule has 0 spiro atoms. The van der Waals surface area contributed by atoms with Crippen molar-refractivity contribution in [1.29, 1.82) is 0 Å². The lowest BCUT2D eigenvalue weighted by atomic mass is 10.2. The summed E-state index contributed by atoms with van der Waals surface area (Å²) >= 11 is 0. The maximum absolute atomic E-state index is 12.8. The monoisotopic (exact) mass is 396 g/mol. The van der Waals surface area contributed by atoms with Crippen LogP contribution in [0.3, 0.4) is 0 Å². The zero-order valence-corrected chi connectivity index (χ0v) is 16.4. The Bertz CT molecular complexity index is 1020. The van der Waals surface area contributed by atoms with Gasteiger partial charge in [0.25, 0.3) is 5.91 Å². The van der Waals surface area contributed by atoms with Crippen LogP contribution in [0.15, 0.2) is 24.7 Å². The quantitative estimate of drug-likeness (QED) is 0.641. The highest BCUT2D eigenvalue weighted by atomic mass is 16.5. The summed E-state index contributed by atoms with van der Waals surface area (Å²) in [5, 5.41) is 8.65. The van der Waals surface area contributed by atoms with Crippen LogP contribution in [-0.4, -0.2) is 79.2 Å². The first-order valence-electron chi connectivity index (χ1n) is 10.0. The number of aromatic nitrogens is 6. The Kier molecular flexibility index (Phi) is 4.62. The van der Waals surface area contributed by atoms with Crippen LogP contribution in [-0.2, 0) is 18.3 Å². The second-order valence-electron chi connectivity index (χ2n) is 7.58. The van der Waals surface area contributed by atoms with E-state index in [1.165, 1.54) is 12.8 Å². The molecule has 2 aliphatic heterocycles. The molecule has 10 nitrogen and oxygen atoms in total. The summed E-state index contributed by atoms with van der Waals surface area (Å²) in [7, 11) is 1.88. The first kappa shape index (κ1) is 18.0. The van der Waals surface area contributed by atoms with Crippen LogP contribution in [0.5, 0.6) is 0 Å². The zero-order valence-electron chi connectivity index (χ0n) is 16.4. The standard InChI is InChI=1S/C19H24N8O2/c1-24-6-4-5-15(24)19(28)26-9-10-29-14(11-26)12-27-18-16(22-23-27)17(20-13-21-18)25-7-2-3-8-25/h4-6,13-14H,2-3,7-12H2,1H3/t14-/m0/s1. The Morgan fingerprint density at radius 1 is 1.24 bits per heavy atom. The van der Waals surface area contributed by atoms with Gasteiger partial charge in [-0.2, -0.15) is 0 Å². The van der Waals surface area contributed by atoms with E-state index in [4.69, 9.17) is 4.74 Å². The summed E-state index contributed by atoms with van der Waals surface area (Å²) < 4.78 is 9.52. The normalized spacial score (nSPS) is 20.0. The van der Waals surface area contributed by atoms with E-state index in [-0.39, 0.29) is 12.0 Å². The largest absolute Gasteiger partial charge is 0.373 e. The van der Waals surface area contributed by atoms with Crippen LogP contribution in [0.1, 0.15) is 23.3 Å². The fourth-order valence-corrected chi connectivity index (χ4v) is 4.12. The number of morpholine rings is 1. The van der Waals surface area contributed by atoms with E-state index in [0.29, 0.717) is 37.6 Å². The molecule has 2 saturated heterocycles. The summed E-state index contributed by atoms with van der Waals surface area (Å²) in [4.78, 5) is 25.7. The Hall–Kier alpha value is -3.01. The molecule has 5 heterocycles. The highest BCUT2D eigenvalue weighted by molar-refractivity contribution is 5.92. The van der Waals surface area contributed by atoms with Crippen LogP contribution < -0.4 is 4.90 Å². The molecule has 0 aliphatic carbocycles. The molecular formula is C19H24N8O2. The van der Waals surface area contributed by atoms with Crippen molar-refractivity contribution >= 4 is 22.9 Å². The van der Waals surface area contributed by atoms with E-state index in [2.05, 4.69) is 25.2 Å². The summed E-state index contributed by atoms with van der Waals surface area (Å²) in [5.41, 5.74) is 2.11. The van der Waals surface area contributed by atoms with Crippen LogP contribution in [0.4, 0.5) is 5.82 Å². The SMILES string of the molecule is Cn1cccc1C(=O)N1CCO[C@H](Cn2nnc3c(N4CCCC4)ncnc32)C1. The molecule has 1 amide bonds. The van der Waals surface area contributed by atoms with E-state index in [1.54, 1.807) is 11.0 Å². The highest BCUT2D eigenvalue weighted by Gasteiger charge is 2.28. The number of hydrogen-bond acceptors (Lipinski definition) is 7. The van der Waals surface area contributed by atoms with Gasteiger partial charge < -0.3 is 19.1 Å². The average molecular weight is 396 g/mol. The van der Waals surface area contributed by atoms with E-state index in [9.17, 15) is 4.79 Å². The van der Waals surface area contributed by atoms with Crippen molar-refractivity contribution in [3.05, 3.63) is 30.4 Å². The maximum Gasteiger partial charge on any atom is 0.270 e. The number of hydrogen-bond donors (Lipinski definition) is 0. The Morgan fingerprint density at radius 3 is 2.90 bits per heavy atom. The van der Waals surface area contributed by atoms with Gasteiger partial charge in [-0.15, -0.1) is 5.10 Å². The van der Waals surface area contributed by atoms with Gasteiger partial charge in [-0.25, -0.2) is 14.6 Å². The number of fused-ring (bicyclic) bond motifs is 1. The number of rotatable bonds is 4. The van der Waals surface area contributed by atoms with Crippen molar-refractivity contribution in [2.24, 2.45) is 7.05 Å². The minimum absolute atomic E-state index is 0.0212. The lowest BCUT2D eigenvalue weighted by Gasteiger charge is -2.32. The van der Waals surface area contributed by atoms with Gasteiger partial charge >= 0.3 is 0 Å². The Morgan fingerprint density at radius 2 is 2.10 bits per heavy atom. The number of aryl methyl sites for hydroxylation is 1. The minimum atomic E-state index is -0.164. The first-order chi connectivity index (χ1) is 14.2. The molecular weight excluding hydrogens is 372 g/mol. The molecule has 3 aromatic heterocycles. The molecule has 3 aromatic rings. The number of carbonyl (C=O) groups is 1. The number of ether oxygens (including phenoxy) is 1. The molecule has 0 unspecified atom stereocenters. The van der Waals surface area contributed by atoms with E-state index in [0.717, 1.165) is 24.4 Å². The number of carbonyl (C=O) groups excluding carboxylic acids is 1. The molecule has 2 aliphatic rings. The second-order valence-corrected chi connectivity index (χ2v) is 7.58. The first-order valence-corrected chi connectivity index (χ1v) is 10.0. The van der Waals surface area contributed by atoms with Crippen LogP contribution >= 0.6 is 0 Å². The molecule has 0 aromatic carbocycles. The average Bonchev–Trinajstić information content (AvgIpc) is 3.49. The molecule has 0 saturated carbocycles. The predicted octanol–water partition coefficient (Wildman–Crippen LogP) is 0.701. The van der Waals surface area contributed by atoms with Gasteiger partial charge in [0.15, 0.2) is 17.0 Å². The van der Waals surface area contributed by atoms with Gasteiger partial charge in [-0.05, 0) is 25.0 Å². The van der Waals surface area contributed by atoms with Crippen molar-refractivity contribution < 1.29 is 9.53 Å². The van der Waals surface area contributed by atoms with Crippen LogP contribution in [0.25, 0.3) is 11.2 Å². The summed E-state index contributed by atoms with van der Waals surface area (Å²) in [6.45, 7) is 4.06. The molecule has 10 heteroatoms. The topological polar surface area (TPSA) is 94.2 Å². The minimum Gasteiger partial charge on any atom is -0.373 e. The van der Waals surface area contributed by atoms with Crippen LogP contribution in [0.2, 0.25) is 0 Å². The third-order valence-corrected chi connectivity index (χ3v) is 5.65. The number of nitrogens with zero attached hydrogens (tertiary/aromatic N) is 8. The van der Waals surface area contributed by atoms with Gasteiger partial charge in [-0.3, -0.25) is 4.79 Å². The summed E-state index contributed by atoms with van der Waals surface area (Å²) in [6.07, 6.45) is 5.62. The Balaban J connectivity index is 1.33. The third kappa shape index (κ3) is 3.33. The molecule has 0 N–H and O–H groups in total. The van der Waals surface area contributed by atoms with Gasteiger partial charge in [0.05, 0.1) is 19.3 Å². The fourth-order valence-electron chi connectivity index (χ4n) is 4.12. The van der Waals surface area contributed by atoms with E-state index >= 15 is 0 Å². The van der Waals surface area contributed by atoms with Gasteiger partial charge in [-0.1, -0.05) is 5.21 Å². The molecule has 1 atom stereocenters. The molecule has 5 rings (SSSR count). The second kappa shape index (κ2) is 7.43. The van der Waals surface area contributed by atoms with E-state index < -0.39 is 0 Å². The summed E-state index contributed by atoms with van der Waals surface area (Å²) in [6, 6.07) is 3.72. The van der Waals surface area contributed by atoms with Gasteiger partial charge in [0, 0.05) is 39.4 Å². The van der Waals surface area contributed by atoms with Gasteiger partial charge in [0.1, 0.15) is 12.0 Å². The number of anilines is 1. The van der Waals surface area contributed by atoms with Crippen molar-refractivity contribution in [1.82, 2.24) is 34.4 Å². The highest BCUT2D eigenvalue weighted by Crippen LogP contribution is 2.24. The van der Waals surface area contributed by atoms with Gasteiger partial charge in [0.2, 0.25) is 0 Å². The fraction of sp³-hybridized carbons (Fsp3) is 0.526. The van der Waals surface area contributed by atoms with E-state index in [1.807, 2.05) is 34.8 Å². The van der Waals surface area contributed by atoms with Crippen molar-refractivity contribution in [2.45, 2.75) is 25.5 Å². The molecule has 152 valence electrons. The lowest BCUT2D eigenvalue weighted by Crippen LogP contribution is -2.47. The third-order valence-electron chi connectivity index (χ3n) is 5.65. The lowest BCUT2D eigenvalue weighted by molar-refractivity contribution is -0.0300. The molecule has 2 fully saturated rings. The van der Waals surface area contributed by atoms with Crippen molar-refractivity contribution in [3.8, 4) is 0 Å². The molecule has 0 radical (unpaired) electrons. The molecule has 29 heavy (non-hydrogen) atoms. The number of amides is 1. The molecule has 0 bridgehead atoms. The smallest absolute Gasteiger partial charge is 0.270 e. The predicted molar refractivity (Wildman–Crippen MR) is 106 cm³/mol.